The number of benzene rings is 1. The van der Waals surface area contributed by atoms with E-state index in [1.54, 1.807) is 0 Å². The van der Waals surface area contributed by atoms with Gasteiger partial charge in [0, 0.05) is 10.5 Å². The standard InChI is InChI=1S/C10H14BrN/c1-7-3-9(5-8(2)12)6-10(11)4-7/h3-4,6,8H,5,12H2,1-2H3/t8-/m0/s1. The molecule has 0 unspecified atom stereocenters. The van der Waals surface area contributed by atoms with E-state index in [0.717, 1.165) is 10.9 Å². The SMILES string of the molecule is Cc1cc(Br)cc(C[C@H](C)N)c1. The number of hydrogen-bond acceptors (Lipinski definition) is 1. The van der Waals surface area contributed by atoms with Crippen LogP contribution in [-0.4, -0.2) is 6.04 Å². The van der Waals surface area contributed by atoms with Gasteiger partial charge in [-0.05, 0) is 43.5 Å². The van der Waals surface area contributed by atoms with Crippen LogP contribution in [0.25, 0.3) is 0 Å². The molecule has 0 saturated heterocycles. The molecule has 1 nitrogen and oxygen atoms in total. The van der Waals surface area contributed by atoms with Crippen LogP contribution >= 0.6 is 15.9 Å². The van der Waals surface area contributed by atoms with Crippen molar-refractivity contribution in [2.24, 2.45) is 5.73 Å². The van der Waals surface area contributed by atoms with Crippen molar-refractivity contribution in [3.8, 4) is 0 Å². The van der Waals surface area contributed by atoms with E-state index in [2.05, 4.69) is 41.1 Å². The summed E-state index contributed by atoms with van der Waals surface area (Å²) in [5.41, 5.74) is 8.29. The van der Waals surface area contributed by atoms with E-state index in [9.17, 15) is 0 Å². The predicted octanol–water partition coefficient (Wildman–Crippen LogP) is 2.65. The summed E-state index contributed by atoms with van der Waals surface area (Å²) in [6.07, 6.45) is 0.945. The van der Waals surface area contributed by atoms with Crippen LogP contribution in [0.1, 0.15) is 18.1 Å². The molecular formula is C10H14BrN. The predicted molar refractivity (Wildman–Crippen MR) is 56.2 cm³/mol. The minimum Gasteiger partial charge on any atom is -0.328 e. The second-order valence-corrected chi connectivity index (χ2v) is 4.23. The zero-order valence-electron chi connectivity index (χ0n) is 7.47. The Balaban J connectivity index is 2.85. The lowest BCUT2D eigenvalue weighted by molar-refractivity contribution is 0.737. The first kappa shape index (κ1) is 9.75. The molecule has 0 aliphatic heterocycles. The molecule has 1 rings (SSSR count). The van der Waals surface area contributed by atoms with Crippen LogP contribution in [0.5, 0.6) is 0 Å². The van der Waals surface area contributed by atoms with Gasteiger partial charge >= 0.3 is 0 Å². The van der Waals surface area contributed by atoms with Crippen LogP contribution in [0.3, 0.4) is 0 Å². The molecule has 0 amide bonds. The minimum absolute atomic E-state index is 0.235. The van der Waals surface area contributed by atoms with Crippen LogP contribution < -0.4 is 5.73 Å². The summed E-state index contributed by atoms with van der Waals surface area (Å²) in [5, 5.41) is 0. The molecule has 0 radical (unpaired) electrons. The topological polar surface area (TPSA) is 26.0 Å². The highest BCUT2D eigenvalue weighted by molar-refractivity contribution is 9.10. The maximum atomic E-state index is 5.71. The molecule has 2 heteroatoms. The van der Waals surface area contributed by atoms with E-state index >= 15 is 0 Å². The highest BCUT2D eigenvalue weighted by Gasteiger charge is 1.99. The molecule has 1 aromatic carbocycles. The molecular weight excluding hydrogens is 214 g/mol. The average Bonchev–Trinajstić information content (AvgIpc) is 1.81. The Morgan fingerprint density at radius 3 is 2.58 bits per heavy atom. The number of hydrogen-bond donors (Lipinski definition) is 1. The quantitative estimate of drug-likeness (QED) is 0.827. The monoisotopic (exact) mass is 227 g/mol. The average molecular weight is 228 g/mol. The molecule has 0 aliphatic carbocycles. The van der Waals surface area contributed by atoms with E-state index < -0.39 is 0 Å². The smallest absolute Gasteiger partial charge is 0.0180 e. The van der Waals surface area contributed by atoms with Gasteiger partial charge in [0.15, 0.2) is 0 Å². The zero-order valence-corrected chi connectivity index (χ0v) is 9.06. The Kier molecular flexibility index (Phi) is 3.29. The fourth-order valence-electron chi connectivity index (χ4n) is 1.30. The van der Waals surface area contributed by atoms with Crippen molar-refractivity contribution < 1.29 is 0 Å². The van der Waals surface area contributed by atoms with Crippen molar-refractivity contribution in [2.75, 3.05) is 0 Å². The normalized spacial score (nSPS) is 13.0. The lowest BCUT2D eigenvalue weighted by atomic mass is 10.1. The van der Waals surface area contributed by atoms with Gasteiger partial charge in [0.25, 0.3) is 0 Å². The highest BCUT2D eigenvalue weighted by Crippen LogP contribution is 2.16. The number of nitrogens with two attached hydrogens (primary N) is 1. The third kappa shape index (κ3) is 2.95. The molecule has 0 aliphatic rings. The van der Waals surface area contributed by atoms with E-state index in [-0.39, 0.29) is 6.04 Å². The van der Waals surface area contributed by atoms with E-state index in [1.807, 2.05) is 6.92 Å². The molecule has 2 N–H and O–H groups in total. The van der Waals surface area contributed by atoms with Crippen LogP contribution in [0.4, 0.5) is 0 Å². The third-order valence-electron chi connectivity index (χ3n) is 1.66. The van der Waals surface area contributed by atoms with Crippen LogP contribution in [0.2, 0.25) is 0 Å². The molecule has 0 fully saturated rings. The van der Waals surface area contributed by atoms with Crippen LogP contribution in [-0.2, 0) is 6.42 Å². The van der Waals surface area contributed by atoms with Gasteiger partial charge in [-0.25, -0.2) is 0 Å². The summed E-state index contributed by atoms with van der Waals surface area (Å²) >= 11 is 3.46. The van der Waals surface area contributed by atoms with Crippen molar-refractivity contribution in [1.29, 1.82) is 0 Å². The van der Waals surface area contributed by atoms with Crippen LogP contribution in [0, 0.1) is 6.92 Å². The van der Waals surface area contributed by atoms with Gasteiger partial charge in [0.1, 0.15) is 0 Å². The second kappa shape index (κ2) is 4.06. The highest BCUT2D eigenvalue weighted by atomic mass is 79.9. The van der Waals surface area contributed by atoms with Gasteiger partial charge in [-0.15, -0.1) is 0 Å². The van der Waals surface area contributed by atoms with Crippen molar-refractivity contribution in [2.45, 2.75) is 26.3 Å². The Bertz CT molecular complexity index is 248. The van der Waals surface area contributed by atoms with Crippen molar-refractivity contribution in [3.63, 3.8) is 0 Å². The number of halogens is 1. The molecule has 0 heterocycles. The summed E-state index contributed by atoms with van der Waals surface area (Å²) in [7, 11) is 0. The molecule has 0 spiro atoms. The molecule has 0 aromatic heterocycles. The minimum atomic E-state index is 0.235. The van der Waals surface area contributed by atoms with Gasteiger partial charge < -0.3 is 5.73 Å². The molecule has 1 atom stereocenters. The van der Waals surface area contributed by atoms with Crippen LogP contribution in [0.15, 0.2) is 22.7 Å². The van der Waals surface area contributed by atoms with E-state index in [4.69, 9.17) is 5.73 Å². The van der Waals surface area contributed by atoms with Crippen molar-refractivity contribution >= 4 is 15.9 Å². The maximum Gasteiger partial charge on any atom is 0.0180 e. The lowest BCUT2D eigenvalue weighted by Crippen LogP contribution is -2.17. The number of aryl methyl sites for hydroxylation is 1. The molecule has 0 saturated carbocycles. The molecule has 1 aromatic rings. The third-order valence-corrected chi connectivity index (χ3v) is 2.12. The fraction of sp³-hybridized carbons (Fsp3) is 0.400. The van der Waals surface area contributed by atoms with Gasteiger partial charge in [0.2, 0.25) is 0 Å². The second-order valence-electron chi connectivity index (χ2n) is 3.32. The summed E-state index contributed by atoms with van der Waals surface area (Å²) in [4.78, 5) is 0. The van der Waals surface area contributed by atoms with Crippen molar-refractivity contribution in [1.82, 2.24) is 0 Å². The Morgan fingerprint density at radius 2 is 2.08 bits per heavy atom. The van der Waals surface area contributed by atoms with Gasteiger partial charge in [-0.2, -0.15) is 0 Å². The summed E-state index contributed by atoms with van der Waals surface area (Å²) in [6.45, 7) is 4.12. The maximum absolute atomic E-state index is 5.71. The lowest BCUT2D eigenvalue weighted by Gasteiger charge is -2.06. The van der Waals surface area contributed by atoms with E-state index in [1.165, 1.54) is 11.1 Å². The van der Waals surface area contributed by atoms with E-state index in [0.29, 0.717) is 0 Å². The van der Waals surface area contributed by atoms with Gasteiger partial charge in [-0.3, -0.25) is 0 Å². The van der Waals surface area contributed by atoms with Gasteiger partial charge in [-0.1, -0.05) is 22.0 Å². The number of rotatable bonds is 2. The zero-order chi connectivity index (χ0) is 9.14. The van der Waals surface area contributed by atoms with Gasteiger partial charge in [0.05, 0.1) is 0 Å². The molecule has 0 bridgehead atoms. The molecule has 66 valence electrons. The largest absolute Gasteiger partial charge is 0.328 e. The summed E-state index contributed by atoms with van der Waals surface area (Å²) in [6, 6.07) is 6.63. The molecule has 12 heavy (non-hydrogen) atoms. The Labute approximate surface area is 82.1 Å². The fourth-order valence-corrected chi connectivity index (χ4v) is 1.96. The first-order chi connectivity index (χ1) is 5.58. The summed E-state index contributed by atoms with van der Waals surface area (Å²) < 4.78 is 1.14. The summed E-state index contributed by atoms with van der Waals surface area (Å²) in [5.74, 6) is 0. The Morgan fingerprint density at radius 1 is 1.42 bits per heavy atom. The Hall–Kier alpha value is -0.340. The van der Waals surface area contributed by atoms with Crippen molar-refractivity contribution in [3.05, 3.63) is 33.8 Å². The first-order valence-corrected chi connectivity index (χ1v) is 4.89. The first-order valence-electron chi connectivity index (χ1n) is 4.09.